The van der Waals surface area contributed by atoms with Crippen molar-refractivity contribution in [3.63, 3.8) is 0 Å². The Morgan fingerprint density at radius 3 is 3.00 bits per heavy atom. The number of rotatable bonds is 4. The van der Waals surface area contributed by atoms with Crippen molar-refractivity contribution in [2.45, 2.75) is 19.0 Å². The molecule has 0 saturated carbocycles. The summed E-state index contributed by atoms with van der Waals surface area (Å²) in [7, 11) is 0. The number of benzene rings is 1. The smallest absolute Gasteiger partial charge is 0.405 e. The number of nitrogens with zero attached hydrogens (tertiary/aromatic N) is 2. The molecule has 4 rings (SSSR count). The Morgan fingerprint density at radius 2 is 2.27 bits per heavy atom. The van der Waals surface area contributed by atoms with Crippen molar-refractivity contribution in [3.05, 3.63) is 35.0 Å². The fraction of sp³-hybridized carbons (Fsp3) is 0.294. The van der Waals surface area contributed by atoms with E-state index in [4.69, 9.17) is 5.11 Å². The first kappa shape index (κ1) is 16.3. The number of nitrogens with one attached hydrogen (secondary N) is 3. The minimum absolute atomic E-state index is 0.178. The number of carbonyl (C=O) groups excluding carboxylic acids is 2. The van der Waals surface area contributed by atoms with E-state index in [1.165, 1.54) is 6.92 Å². The maximum absolute atomic E-state index is 12.3. The zero-order chi connectivity index (χ0) is 18.5. The average Bonchev–Trinajstić information content (AvgIpc) is 2.89. The van der Waals surface area contributed by atoms with Crippen LogP contribution in [0.5, 0.6) is 0 Å². The topological polar surface area (TPSA) is 127 Å². The Bertz CT molecular complexity index is 979. The van der Waals surface area contributed by atoms with Gasteiger partial charge in [0.15, 0.2) is 0 Å². The van der Waals surface area contributed by atoms with Gasteiger partial charge in [-0.2, -0.15) is 5.10 Å². The quantitative estimate of drug-likeness (QED) is 0.599. The molecule has 1 aromatic carbocycles. The van der Waals surface area contributed by atoms with Crippen LogP contribution >= 0.6 is 0 Å². The molecule has 2 amide bonds. The maximum atomic E-state index is 12.3. The third kappa shape index (κ3) is 2.53. The Balaban J connectivity index is 1.74. The summed E-state index contributed by atoms with van der Waals surface area (Å²) in [6.07, 6.45) is -0.664. The van der Waals surface area contributed by atoms with Crippen molar-refractivity contribution in [1.29, 1.82) is 0 Å². The van der Waals surface area contributed by atoms with Gasteiger partial charge in [-0.15, -0.1) is 0 Å². The third-order valence-electron chi connectivity index (χ3n) is 4.69. The molecule has 134 valence electrons. The molecule has 0 aliphatic carbocycles. The molecule has 2 aliphatic rings. The summed E-state index contributed by atoms with van der Waals surface area (Å²) < 4.78 is 0. The molecule has 1 aromatic heterocycles. The van der Waals surface area contributed by atoms with Crippen molar-refractivity contribution >= 4 is 34.9 Å². The number of hydrazone groups is 1. The number of amides is 2. The molecule has 3 heterocycles. The monoisotopic (exact) mass is 355 g/mol. The van der Waals surface area contributed by atoms with E-state index >= 15 is 0 Å². The number of aldehydes is 1. The highest BCUT2D eigenvalue weighted by atomic mass is 16.4. The predicted molar refractivity (Wildman–Crippen MR) is 93.2 cm³/mol. The maximum Gasteiger partial charge on any atom is 0.405 e. The van der Waals surface area contributed by atoms with Gasteiger partial charge in [0.25, 0.3) is 5.91 Å². The molecule has 0 saturated heterocycles. The summed E-state index contributed by atoms with van der Waals surface area (Å²) in [6, 6.07) is 5.47. The van der Waals surface area contributed by atoms with Crippen LogP contribution < -0.4 is 10.7 Å². The number of carbonyl (C=O) groups is 3. The molecule has 9 nitrogen and oxygen atoms in total. The second kappa shape index (κ2) is 5.67. The van der Waals surface area contributed by atoms with Gasteiger partial charge in [-0.05, 0) is 19.1 Å². The van der Waals surface area contributed by atoms with Crippen LogP contribution in [0.15, 0.2) is 23.3 Å². The van der Waals surface area contributed by atoms with Gasteiger partial charge in [0.1, 0.15) is 11.8 Å². The van der Waals surface area contributed by atoms with E-state index in [1.54, 1.807) is 6.07 Å². The average molecular weight is 355 g/mol. The normalized spacial score (nSPS) is 18.5. The molecule has 2 aromatic rings. The summed E-state index contributed by atoms with van der Waals surface area (Å²) in [5, 5.41) is 16.3. The number of aromatic amines is 1. The van der Waals surface area contributed by atoms with Crippen LogP contribution in [-0.4, -0.2) is 57.6 Å². The highest BCUT2D eigenvalue weighted by Crippen LogP contribution is 2.32. The van der Waals surface area contributed by atoms with Crippen LogP contribution in [0.2, 0.25) is 0 Å². The van der Waals surface area contributed by atoms with Crippen LogP contribution in [0.3, 0.4) is 0 Å². The number of H-pyrrole nitrogens is 1. The van der Waals surface area contributed by atoms with Crippen LogP contribution in [-0.2, 0) is 11.3 Å². The summed E-state index contributed by atoms with van der Waals surface area (Å²) in [5.41, 5.74) is 5.21. The SMILES string of the molecule is CC(C=O)(CN1CC2=NNC(=O)c3cccc4[nH]c(c2c34)C1)NC(=O)O. The molecule has 1 unspecified atom stereocenters. The van der Waals surface area contributed by atoms with E-state index in [-0.39, 0.29) is 12.5 Å². The Labute approximate surface area is 148 Å². The first-order valence-corrected chi connectivity index (χ1v) is 8.11. The van der Waals surface area contributed by atoms with E-state index in [1.807, 2.05) is 17.0 Å². The summed E-state index contributed by atoms with van der Waals surface area (Å²) >= 11 is 0. The first-order chi connectivity index (χ1) is 12.4. The molecule has 0 spiro atoms. The standard InChI is InChI=1S/C17H17N5O4/c1-17(8-23,19-16(25)26)7-22-5-11-14-12(6-22)20-21-15(24)9-3-2-4-10(18-11)13(9)14/h2-4,8,18-19H,5-7H2,1H3,(H,21,24)(H,25,26). The van der Waals surface area contributed by atoms with Gasteiger partial charge < -0.3 is 20.2 Å². The fourth-order valence-corrected chi connectivity index (χ4v) is 3.69. The van der Waals surface area contributed by atoms with Gasteiger partial charge in [0.05, 0.1) is 11.3 Å². The minimum atomic E-state index is -1.26. The van der Waals surface area contributed by atoms with Crippen molar-refractivity contribution < 1.29 is 19.5 Å². The molecule has 2 aliphatic heterocycles. The van der Waals surface area contributed by atoms with Gasteiger partial charge in [0.2, 0.25) is 0 Å². The van der Waals surface area contributed by atoms with Crippen molar-refractivity contribution in [1.82, 2.24) is 20.6 Å². The van der Waals surface area contributed by atoms with E-state index in [0.29, 0.717) is 30.7 Å². The number of hydrogen-bond donors (Lipinski definition) is 4. The van der Waals surface area contributed by atoms with Crippen molar-refractivity contribution in [2.75, 3.05) is 13.1 Å². The predicted octanol–water partition coefficient (Wildman–Crippen LogP) is 0.656. The van der Waals surface area contributed by atoms with Crippen molar-refractivity contribution in [3.8, 4) is 0 Å². The number of aromatic nitrogens is 1. The van der Waals surface area contributed by atoms with Gasteiger partial charge in [-0.3, -0.25) is 9.69 Å². The zero-order valence-electron chi connectivity index (χ0n) is 14.0. The summed E-state index contributed by atoms with van der Waals surface area (Å²) in [5.74, 6) is -0.267. The molecule has 4 N–H and O–H groups in total. The van der Waals surface area contributed by atoms with Crippen molar-refractivity contribution in [2.24, 2.45) is 5.10 Å². The Kier molecular flexibility index (Phi) is 3.55. The lowest BCUT2D eigenvalue weighted by atomic mass is 9.96. The Morgan fingerprint density at radius 1 is 1.46 bits per heavy atom. The van der Waals surface area contributed by atoms with Crippen LogP contribution in [0.25, 0.3) is 10.9 Å². The fourth-order valence-electron chi connectivity index (χ4n) is 3.69. The highest BCUT2D eigenvalue weighted by Gasteiger charge is 2.35. The molecule has 1 atom stereocenters. The lowest BCUT2D eigenvalue weighted by Crippen LogP contribution is -2.55. The van der Waals surface area contributed by atoms with Crippen LogP contribution in [0.1, 0.15) is 28.5 Å². The Hall–Kier alpha value is -3.20. The molecule has 9 heteroatoms. The van der Waals surface area contributed by atoms with Crippen LogP contribution in [0.4, 0.5) is 4.79 Å². The summed E-state index contributed by atoms with van der Waals surface area (Å²) in [4.78, 5) is 39.9. The first-order valence-electron chi connectivity index (χ1n) is 8.11. The van der Waals surface area contributed by atoms with E-state index in [2.05, 4.69) is 20.8 Å². The van der Waals surface area contributed by atoms with E-state index < -0.39 is 11.6 Å². The number of carboxylic acid groups (broad SMARTS) is 1. The number of hydrogen-bond acceptors (Lipinski definition) is 5. The summed E-state index contributed by atoms with van der Waals surface area (Å²) in [6.45, 7) is 2.59. The van der Waals surface area contributed by atoms with Gasteiger partial charge in [-0.1, -0.05) is 6.07 Å². The minimum Gasteiger partial charge on any atom is -0.465 e. The van der Waals surface area contributed by atoms with Gasteiger partial charge in [-0.25, -0.2) is 10.2 Å². The second-order valence-electron chi connectivity index (χ2n) is 6.82. The zero-order valence-corrected chi connectivity index (χ0v) is 14.0. The molecule has 0 fully saturated rings. The van der Waals surface area contributed by atoms with E-state index in [0.717, 1.165) is 22.2 Å². The molecule has 26 heavy (non-hydrogen) atoms. The lowest BCUT2D eigenvalue weighted by molar-refractivity contribution is -0.113. The van der Waals surface area contributed by atoms with Crippen LogP contribution in [0, 0.1) is 0 Å². The highest BCUT2D eigenvalue weighted by molar-refractivity contribution is 6.21. The van der Waals surface area contributed by atoms with Gasteiger partial charge >= 0.3 is 6.09 Å². The van der Waals surface area contributed by atoms with Gasteiger partial charge in [0, 0.05) is 41.8 Å². The molecule has 0 radical (unpaired) electrons. The lowest BCUT2D eigenvalue weighted by Gasteiger charge is -2.34. The molecule has 0 bridgehead atoms. The van der Waals surface area contributed by atoms with E-state index in [9.17, 15) is 14.4 Å². The third-order valence-corrected chi connectivity index (χ3v) is 4.69. The second-order valence-corrected chi connectivity index (χ2v) is 6.82. The molecular weight excluding hydrogens is 338 g/mol. The molecular formula is C17H17N5O4. The largest absolute Gasteiger partial charge is 0.465 e.